The molecule has 2 aromatic carbocycles. The SMILES string of the molecule is COc1ccc(Cl)c2sc(N(CC[NH+](C)C)C(=O)c3ccc(C)c(C)c3)nc12. The van der Waals surface area contributed by atoms with Gasteiger partial charge in [0.1, 0.15) is 11.3 Å². The molecule has 0 radical (unpaired) electrons. The number of amides is 1. The predicted octanol–water partition coefficient (Wildman–Crippen LogP) is 3.37. The molecule has 7 heteroatoms. The van der Waals surface area contributed by atoms with E-state index in [1.165, 1.54) is 16.2 Å². The molecule has 0 fully saturated rings. The maximum Gasteiger partial charge on any atom is 0.260 e. The highest BCUT2D eigenvalue weighted by atomic mass is 35.5. The second-order valence-corrected chi connectivity index (χ2v) is 8.52. The largest absolute Gasteiger partial charge is 0.494 e. The van der Waals surface area contributed by atoms with Crippen LogP contribution >= 0.6 is 22.9 Å². The lowest BCUT2D eigenvalue weighted by molar-refractivity contribution is -0.856. The predicted molar refractivity (Wildman–Crippen MR) is 116 cm³/mol. The van der Waals surface area contributed by atoms with Crippen LogP contribution in [0.1, 0.15) is 21.5 Å². The summed E-state index contributed by atoms with van der Waals surface area (Å²) in [6, 6.07) is 9.39. The number of thiazole rings is 1. The molecule has 28 heavy (non-hydrogen) atoms. The number of benzene rings is 2. The summed E-state index contributed by atoms with van der Waals surface area (Å²) in [6.07, 6.45) is 0. The van der Waals surface area contributed by atoms with Crippen LogP contribution in [0.2, 0.25) is 5.02 Å². The Bertz CT molecular complexity index is 1020. The number of carbonyl (C=O) groups is 1. The average Bonchev–Trinajstić information content (AvgIpc) is 3.10. The Morgan fingerprint density at radius 3 is 2.61 bits per heavy atom. The van der Waals surface area contributed by atoms with E-state index in [-0.39, 0.29) is 5.91 Å². The molecule has 1 N–H and O–H groups in total. The van der Waals surface area contributed by atoms with Gasteiger partial charge in [-0.1, -0.05) is 29.0 Å². The molecular weight excluding hydrogens is 394 g/mol. The van der Waals surface area contributed by atoms with E-state index in [1.807, 2.05) is 32.0 Å². The van der Waals surface area contributed by atoms with Gasteiger partial charge in [-0.25, -0.2) is 4.98 Å². The first-order chi connectivity index (χ1) is 13.3. The van der Waals surface area contributed by atoms with Gasteiger partial charge in [0.2, 0.25) is 0 Å². The van der Waals surface area contributed by atoms with Crippen LogP contribution in [0.5, 0.6) is 5.75 Å². The summed E-state index contributed by atoms with van der Waals surface area (Å²) in [5, 5.41) is 1.24. The topological polar surface area (TPSA) is 46.9 Å². The molecule has 0 aliphatic carbocycles. The maximum atomic E-state index is 13.4. The molecule has 0 bridgehead atoms. The van der Waals surface area contributed by atoms with Crippen LogP contribution in [0, 0.1) is 13.8 Å². The van der Waals surface area contributed by atoms with E-state index in [4.69, 9.17) is 21.3 Å². The lowest BCUT2D eigenvalue weighted by atomic mass is 10.1. The Morgan fingerprint density at radius 2 is 1.96 bits per heavy atom. The zero-order valence-corrected chi connectivity index (χ0v) is 18.4. The summed E-state index contributed by atoms with van der Waals surface area (Å²) in [5.74, 6) is 0.595. The lowest BCUT2D eigenvalue weighted by Crippen LogP contribution is -3.06. The Labute approximate surface area is 174 Å². The molecule has 0 aliphatic heterocycles. The van der Waals surface area contributed by atoms with Crippen molar-refractivity contribution in [3.63, 3.8) is 0 Å². The van der Waals surface area contributed by atoms with Crippen molar-refractivity contribution >= 4 is 44.2 Å². The first kappa shape index (κ1) is 20.6. The van der Waals surface area contributed by atoms with Gasteiger partial charge in [-0.2, -0.15) is 0 Å². The van der Waals surface area contributed by atoms with Gasteiger partial charge in [-0.05, 0) is 49.2 Å². The zero-order chi connectivity index (χ0) is 20.4. The number of hydrogen-bond donors (Lipinski definition) is 1. The molecule has 5 nitrogen and oxygen atoms in total. The van der Waals surface area contributed by atoms with Gasteiger partial charge in [-0.3, -0.25) is 9.69 Å². The highest BCUT2D eigenvalue weighted by Gasteiger charge is 2.24. The number of rotatable bonds is 6. The van der Waals surface area contributed by atoms with Crippen molar-refractivity contribution in [2.24, 2.45) is 0 Å². The number of nitrogens with one attached hydrogen (secondary N) is 1. The minimum absolute atomic E-state index is 0.0569. The van der Waals surface area contributed by atoms with E-state index >= 15 is 0 Å². The van der Waals surface area contributed by atoms with E-state index in [0.29, 0.717) is 33.5 Å². The number of aryl methyl sites for hydroxylation is 2. The molecule has 0 atom stereocenters. The summed E-state index contributed by atoms with van der Waals surface area (Å²) in [4.78, 5) is 21.1. The Kier molecular flexibility index (Phi) is 6.23. The summed E-state index contributed by atoms with van der Waals surface area (Å²) in [6.45, 7) is 5.42. The highest BCUT2D eigenvalue weighted by Crippen LogP contribution is 2.39. The molecule has 0 aliphatic rings. The van der Waals surface area contributed by atoms with Gasteiger partial charge >= 0.3 is 0 Å². The number of fused-ring (bicyclic) bond motifs is 1. The number of carbonyl (C=O) groups excluding carboxylic acids is 1. The van der Waals surface area contributed by atoms with Crippen molar-refractivity contribution in [1.82, 2.24) is 4.98 Å². The fourth-order valence-electron chi connectivity index (χ4n) is 2.87. The molecule has 1 amide bonds. The summed E-state index contributed by atoms with van der Waals surface area (Å²) in [7, 11) is 5.74. The molecule has 0 saturated carbocycles. The van der Waals surface area contributed by atoms with Crippen molar-refractivity contribution in [2.75, 3.05) is 39.2 Å². The van der Waals surface area contributed by atoms with Gasteiger partial charge in [0.05, 0.1) is 44.0 Å². The number of anilines is 1. The van der Waals surface area contributed by atoms with Crippen LogP contribution in [0.3, 0.4) is 0 Å². The fourth-order valence-corrected chi connectivity index (χ4v) is 4.15. The maximum absolute atomic E-state index is 13.4. The number of nitrogens with zero attached hydrogens (tertiary/aromatic N) is 2. The standard InChI is InChI=1S/C21H24ClN3O2S/c1-13-6-7-15(12-14(13)2)20(26)25(11-10-24(3)4)21-23-18-17(27-5)9-8-16(22)19(18)28-21/h6-9,12H,10-11H2,1-5H3/p+1. The quantitative estimate of drug-likeness (QED) is 0.667. The van der Waals surface area contributed by atoms with Crippen LogP contribution in [0.15, 0.2) is 30.3 Å². The summed E-state index contributed by atoms with van der Waals surface area (Å²) < 4.78 is 6.25. The first-order valence-electron chi connectivity index (χ1n) is 9.13. The molecule has 148 valence electrons. The summed E-state index contributed by atoms with van der Waals surface area (Å²) in [5.41, 5.74) is 3.61. The normalized spacial score (nSPS) is 11.2. The Morgan fingerprint density at radius 1 is 1.21 bits per heavy atom. The number of hydrogen-bond acceptors (Lipinski definition) is 4. The van der Waals surface area contributed by atoms with Crippen LogP contribution in [0.25, 0.3) is 10.2 Å². The molecule has 1 aromatic heterocycles. The van der Waals surface area contributed by atoms with Gasteiger partial charge in [0, 0.05) is 5.56 Å². The summed E-state index contributed by atoms with van der Waals surface area (Å²) >= 11 is 7.79. The minimum Gasteiger partial charge on any atom is -0.494 e. The minimum atomic E-state index is -0.0569. The van der Waals surface area contributed by atoms with E-state index < -0.39 is 0 Å². The van der Waals surface area contributed by atoms with Crippen molar-refractivity contribution in [1.29, 1.82) is 0 Å². The van der Waals surface area contributed by atoms with E-state index in [1.54, 1.807) is 24.1 Å². The molecule has 0 spiro atoms. The molecular formula is C21H25ClN3O2S+. The van der Waals surface area contributed by atoms with Crippen molar-refractivity contribution in [3.05, 3.63) is 52.0 Å². The van der Waals surface area contributed by atoms with E-state index in [9.17, 15) is 4.79 Å². The second kappa shape index (κ2) is 8.47. The van der Waals surface area contributed by atoms with Crippen molar-refractivity contribution in [2.45, 2.75) is 13.8 Å². The number of halogens is 1. The third kappa shape index (κ3) is 4.14. The first-order valence-corrected chi connectivity index (χ1v) is 10.3. The van der Waals surface area contributed by atoms with Gasteiger partial charge in [0.25, 0.3) is 5.91 Å². The van der Waals surface area contributed by atoms with Gasteiger partial charge in [-0.15, -0.1) is 0 Å². The lowest BCUT2D eigenvalue weighted by Gasteiger charge is -2.21. The average molecular weight is 419 g/mol. The highest BCUT2D eigenvalue weighted by molar-refractivity contribution is 7.23. The molecule has 0 unspecified atom stereocenters. The zero-order valence-electron chi connectivity index (χ0n) is 16.8. The van der Waals surface area contributed by atoms with Gasteiger partial charge in [0.15, 0.2) is 5.13 Å². The van der Waals surface area contributed by atoms with Crippen molar-refractivity contribution in [3.8, 4) is 5.75 Å². The van der Waals surface area contributed by atoms with E-state index in [0.717, 1.165) is 22.4 Å². The fraction of sp³-hybridized carbons (Fsp3) is 0.333. The molecule has 3 aromatic rings. The van der Waals surface area contributed by atoms with Crippen LogP contribution in [-0.2, 0) is 0 Å². The molecule has 3 rings (SSSR count). The third-order valence-corrected chi connectivity index (χ3v) is 6.27. The van der Waals surface area contributed by atoms with E-state index in [2.05, 4.69) is 14.1 Å². The Hall–Kier alpha value is -2.15. The monoisotopic (exact) mass is 418 g/mol. The number of likely N-dealkylation sites (N-methyl/N-ethyl adjacent to an activating group) is 1. The second-order valence-electron chi connectivity index (χ2n) is 7.14. The third-order valence-electron chi connectivity index (χ3n) is 4.73. The van der Waals surface area contributed by atoms with Crippen molar-refractivity contribution < 1.29 is 14.4 Å². The number of aromatic nitrogens is 1. The number of quaternary nitrogens is 1. The van der Waals surface area contributed by atoms with Crippen LogP contribution in [0.4, 0.5) is 5.13 Å². The van der Waals surface area contributed by atoms with Crippen LogP contribution in [-0.4, -0.2) is 45.2 Å². The Balaban J connectivity index is 2.06. The number of ether oxygens (including phenoxy) is 1. The molecule has 0 saturated heterocycles. The molecule has 1 heterocycles. The van der Waals surface area contributed by atoms with Gasteiger partial charge < -0.3 is 9.64 Å². The number of methoxy groups -OCH3 is 1. The smallest absolute Gasteiger partial charge is 0.260 e. The van der Waals surface area contributed by atoms with Crippen LogP contribution < -0.4 is 14.5 Å².